The average Bonchev–Trinajstić information content (AvgIpc) is 3.72. The molecule has 0 saturated carbocycles. The summed E-state index contributed by atoms with van der Waals surface area (Å²) in [6, 6.07) is 54.0. The van der Waals surface area contributed by atoms with Crippen molar-refractivity contribution in [3.63, 3.8) is 0 Å². The molecule has 5 nitrogen and oxygen atoms in total. The van der Waals surface area contributed by atoms with Crippen LogP contribution in [-0.2, 0) is 5.41 Å². The number of fused-ring (bicyclic) bond motifs is 6. The van der Waals surface area contributed by atoms with Gasteiger partial charge in [-0.05, 0) is 62.7 Å². The Hall–Kier alpha value is -7.16. The minimum absolute atomic E-state index is 0.105. The molecule has 0 aliphatic heterocycles. The van der Waals surface area contributed by atoms with E-state index in [0.29, 0.717) is 23.2 Å². The van der Waals surface area contributed by atoms with Gasteiger partial charge in [0.2, 0.25) is 0 Å². The highest BCUT2D eigenvalue weighted by Gasteiger charge is 2.35. The average molecular weight is 693 g/mol. The summed E-state index contributed by atoms with van der Waals surface area (Å²) in [5, 5.41) is 2.04. The second-order valence-electron chi connectivity index (χ2n) is 14.3. The maximum atomic E-state index is 7.32. The van der Waals surface area contributed by atoms with Gasteiger partial charge in [0.1, 0.15) is 11.2 Å². The molecule has 0 saturated heterocycles. The van der Waals surface area contributed by atoms with Crippen molar-refractivity contribution in [2.24, 2.45) is 0 Å². The van der Waals surface area contributed by atoms with E-state index in [9.17, 15) is 0 Å². The summed E-state index contributed by atoms with van der Waals surface area (Å²) in [5.74, 6) is 1.73. The van der Waals surface area contributed by atoms with Crippen LogP contribution in [0.2, 0.25) is 0 Å². The maximum absolute atomic E-state index is 7.32. The molecule has 54 heavy (non-hydrogen) atoms. The lowest BCUT2D eigenvalue weighted by atomic mass is 9.82. The highest BCUT2D eigenvalue weighted by Crippen LogP contribution is 2.49. The molecule has 7 aromatic carbocycles. The monoisotopic (exact) mass is 692 g/mol. The van der Waals surface area contributed by atoms with Crippen LogP contribution in [-0.4, -0.2) is 15.0 Å². The zero-order valence-corrected chi connectivity index (χ0v) is 29.7. The third-order valence-corrected chi connectivity index (χ3v) is 10.8. The normalized spacial score (nSPS) is 12.8. The number of hydrogen-bond donors (Lipinski definition) is 0. The standard InChI is InChI=1S/C49H32N4O/c1-49(2)41-15-9-7-13-37(41)40-29-34(23-28-42(40)49)47-51-46(33-11-5-4-6-12-33)52-48(53-47)44-36(26-27-39-38-14-8-10-16-43(38)54-45(39)44)32-19-17-30(18-20-32)31-21-24-35(50-3)25-22-31/h4-29H,1-2H3. The van der Waals surface area contributed by atoms with E-state index in [4.69, 9.17) is 25.9 Å². The van der Waals surface area contributed by atoms with Crippen LogP contribution in [0.15, 0.2) is 162 Å². The van der Waals surface area contributed by atoms with Crippen LogP contribution in [0, 0.1) is 6.57 Å². The largest absolute Gasteiger partial charge is 0.455 e. The van der Waals surface area contributed by atoms with Gasteiger partial charge >= 0.3 is 0 Å². The van der Waals surface area contributed by atoms with E-state index in [-0.39, 0.29) is 5.41 Å². The molecule has 0 amide bonds. The summed E-state index contributed by atoms with van der Waals surface area (Å²) in [4.78, 5) is 19.2. The van der Waals surface area contributed by atoms with Crippen molar-refractivity contribution in [1.82, 2.24) is 15.0 Å². The van der Waals surface area contributed by atoms with Crippen molar-refractivity contribution in [3.8, 4) is 67.5 Å². The molecule has 0 unspecified atom stereocenters. The minimum Gasteiger partial charge on any atom is -0.455 e. The van der Waals surface area contributed by atoms with Gasteiger partial charge in [-0.1, -0.05) is 153 Å². The quantitative estimate of drug-likeness (QED) is 0.169. The van der Waals surface area contributed by atoms with Crippen molar-refractivity contribution in [2.45, 2.75) is 19.3 Å². The summed E-state index contributed by atoms with van der Waals surface area (Å²) >= 11 is 0. The Bertz CT molecular complexity index is 2950. The predicted octanol–water partition coefficient (Wildman–Crippen LogP) is 13.0. The zero-order valence-electron chi connectivity index (χ0n) is 29.7. The highest BCUT2D eigenvalue weighted by molar-refractivity contribution is 6.12. The van der Waals surface area contributed by atoms with Gasteiger partial charge in [-0.25, -0.2) is 19.8 Å². The molecule has 0 fully saturated rings. The molecular formula is C49H32N4O. The van der Waals surface area contributed by atoms with E-state index in [1.165, 1.54) is 22.3 Å². The van der Waals surface area contributed by atoms with Crippen molar-refractivity contribution >= 4 is 27.6 Å². The molecule has 0 spiro atoms. The molecule has 1 aliphatic rings. The van der Waals surface area contributed by atoms with E-state index < -0.39 is 0 Å². The SMILES string of the molecule is [C-]#[N+]c1ccc(-c2ccc(-c3ccc4c(oc5ccccc54)c3-c3nc(-c4ccccc4)nc(-c4ccc5c(c4)-c4ccccc4C5(C)C)n3)cc2)cc1. The Morgan fingerprint density at radius 1 is 0.481 bits per heavy atom. The number of para-hydroxylation sites is 1. The molecule has 0 N–H and O–H groups in total. The van der Waals surface area contributed by atoms with Crippen LogP contribution in [0.5, 0.6) is 0 Å². The predicted molar refractivity (Wildman–Crippen MR) is 218 cm³/mol. The number of nitrogens with zero attached hydrogens (tertiary/aromatic N) is 4. The minimum atomic E-state index is -0.105. The lowest BCUT2D eigenvalue weighted by Crippen LogP contribution is -2.14. The van der Waals surface area contributed by atoms with E-state index in [0.717, 1.165) is 60.9 Å². The first-order valence-electron chi connectivity index (χ1n) is 18.1. The summed E-state index contributed by atoms with van der Waals surface area (Å²) in [6.45, 7) is 11.9. The molecule has 1 aliphatic carbocycles. The zero-order chi connectivity index (χ0) is 36.4. The molecule has 2 heterocycles. The van der Waals surface area contributed by atoms with Crippen LogP contribution in [0.4, 0.5) is 5.69 Å². The fourth-order valence-corrected chi connectivity index (χ4v) is 8.01. The summed E-state index contributed by atoms with van der Waals surface area (Å²) < 4.78 is 6.70. The first-order valence-corrected chi connectivity index (χ1v) is 18.1. The van der Waals surface area contributed by atoms with E-state index >= 15 is 0 Å². The molecule has 254 valence electrons. The van der Waals surface area contributed by atoms with Crippen molar-refractivity contribution in [1.29, 1.82) is 0 Å². The fraction of sp³-hybridized carbons (Fsp3) is 0.0612. The lowest BCUT2D eigenvalue weighted by Gasteiger charge is -2.21. The third-order valence-electron chi connectivity index (χ3n) is 10.8. The van der Waals surface area contributed by atoms with Crippen LogP contribution in [0.25, 0.3) is 94.3 Å². The third kappa shape index (κ3) is 5.03. The van der Waals surface area contributed by atoms with Crippen LogP contribution in [0.1, 0.15) is 25.0 Å². The van der Waals surface area contributed by atoms with Gasteiger partial charge in [-0.3, -0.25) is 0 Å². The summed E-state index contributed by atoms with van der Waals surface area (Å²) in [6.07, 6.45) is 0. The van der Waals surface area contributed by atoms with Gasteiger partial charge in [0.05, 0.1) is 12.1 Å². The van der Waals surface area contributed by atoms with Crippen molar-refractivity contribution in [2.75, 3.05) is 0 Å². The van der Waals surface area contributed by atoms with Crippen LogP contribution < -0.4 is 0 Å². The molecule has 10 rings (SSSR count). The Morgan fingerprint density at radius 2 is 1.09 bits per heavy atom. The van der Waals surface area contributed by atoms with Gasteiger partial charge in [0.15, 0.2) is 23.2 Å². The van der Waals surface area contributed by atoms with Gasteiger partial charge in [-0.15, -0.1) is 0 Å². The number of rotatable bonds is 5. The molecule has 2 aromatic heterocycles. The number of aromatic nitrogens is 3. The number of furan rings is 1. The van der Waals surface area contributed by atoms with Crippen molar-refractivity contribution < 1.29 is 4.42 Å². The van der Waals surface area contributed by atoms with E-state index in [2.05, 4.69) is 104 Å². The Balaban J connectivity index is 1.20. The Morgan fingerprint density at radius 3 is 1.87 bits per heavy atom. The molecule has 0 bridgehead atoms. The summed E-state index contributed by atoms with van der Waals surface area (Å²) in [5.41, 5.74) is 13.9. The van der Waals surface area contributed by atoms with Crippen molar-refractivity contribution in [3.05, 3.63) is 180 Å². The second kappa shape index (κ2) is 12.2. The topological polar surface area (TPSA) is 56.2 Å². The second-order valence-corrected chi connectivity index (χ2v) is 14.3. The first-order chi connectivity index (χ1) is 26.5. The van der Waals surface area contributed by atoms with Gasteiger partial charge in [0.25, 0.3) is 0 Å². The van der Waals surface area contributed by atoms with Gasteiger partial charge in [0, 0.05) is 27.3 Å². The number of benzene rings is 7. The van der Waals surface area contributed by atoms with E-state index in [1.807, 2.05) is 72.8 Å². The summed E-state index contributed by atoms with van der Waals surface area (Å²) in [7, 11) is 0. The van der Waals surface area contributed by atoms with Crippen LogP contribution in [0.3, 0.4) is 0 Å². The fourth-order valence-electron chi connectivity index (χ4n) is 8.01. The number of hydrogen-bond acceptors (Lipinski definition) is 4. The molecule has 0 atom stereocenters. The lowest BCUT2D eigenvalue weighted by molar-refractivity contribution is 0.660. The first kappa shape index (κ1) is 31.6. The highest BCUT2D eigenvalue weighted by atomic mass is 16.3. The molecule has 5 heteroatoms. The Kier molecular flexibility index (Phi) is 7.14. The molecule has 0 radical (unpaired) electrons. The maximum Gasteiger partial charge on any atom is 0.187 e. The van der Waals surface area contributed by atoms with Gasteiger partial charge < -0.3 is 4.42 Å². The smallest absolute Gasteiger partial charge is 0.187 e. The van der Waals surface area contributed by atoms with Crippen LogP contribution >= 0.6 is 0 Å². The Labute approximate surface area is 313 Å². The van der Waals surface area contributed by atoms with E-state index in [1.54, 1.807) is 0 Å². The van der Waals surface area contributed by atoms with Gasteiger partial charge in [-0.2, -0.15) is 0 Å². The molecular weight excluding hydrogens is 661 g/mol. The molecule has 9 aromatic rings.